The van der Waals surface area contributed by atoms with Crippen molar-refractivity contribution in [2.24, 2.45) is 11.8 Å². The monoisotopic (exact) mass is 349 g/mol. The van der Waals surface area contributed by atoms with Crippen LogP contribution in [0.15, 0.2) is 23.9 Å². The number of ether oxygens (including phenoxy) is 2. The molecule has 6 heteroatoms. The Morgan fingerprint density at radius 2 is 2.12 bits per heavy atom. The van der Waals surface area contributed by atoms with Gasteiger partial charge < -0.3 is 19.5 Å². The molecule has 1 saturated heterocycles. The average Bonchev–Trinajstić information content (AvgIpc) is 2.83. The van der Waals surface area contributed by atoms with Crippen LogP contribution in [0.3, 0.4) is 0 Å². The van der Waals surface area contributed by atoms with Crippen LogP contribution in [-0.2, 0) is 19.1 Å². The van der Waals surface area contributed by atoms with Gasteiger partial charge in [0.15, 0.2) is 0 Å². The molecular weight excluding hydrogens is 322 g/mol. The second kappa shape index (κ2) is 6.92. The number of esters is 1. The summed E-state index contributed by atoms with van der Waals surface area (Å²) in [6.45, 7) is 9.23. The van der Waals surface area contributed by atoms with E-state index in [1.54, 1.807) is 11.8 Å². The van der Waals surface area contributed by atoms with Crippen LogP contribution in [0, 0.1) is 11.8 Å². The fraction of sp³-hybridized carbons (Fsp3) is 0.684. The van der Waals surface area contributed by atoms with E-state index in [2.05, 4.69) is 6.58 Å². The van der Waals surface area contributed by atoms with E-state index in [9.17, 15) is 14.7 Å². The highest BCUT2D eigenvalue weighted by atomic mass is 16.5. The molecule has 1 aliphatic carbocycles. The van der Waals surface area contributed by atoms with Crippen LogP contribution in [-0.4, -0.2) is 52.8 Å². The standard InChI is InChI=1S/C19H27NO5/c1-5-9-24-19(23)17-15-12(7-6-8-13(15)25-10(2)3)16-14(11(4)21)18(22)20(16)17/h5,10-14,16,21H,1,6-9H2,2-4H3/t11?,12-,13-,14+,16+/m0/s1. The second-order valence-electron chi connectivity index (χ2n) is 7.37. The van der Waals surface area contributed by atoms with Crippen LogP contribution in [0.2, 0.25) is 0 Å². The molecule has 0 bridgehead atoms. The molecule has 0 aromatic carbocycles. The van der Waals surface area contributed by atoms with Crippen LogP contribution in [0.25, 0.3) is 0 Å². The van der Waals surface area contributed by atoms with E-state index < -0.39 is 18.0 Å². The Labute approximate surface area is 148 Å². The number of carbonyl (C=O) groups is 2. The van der Waals surface area contributed by atoms with Crippen LogP contribution < -0.4 is 0 Å². The van der Waals surface area contributed by atoms with E-state index in [-0.39, 0.29) is 36.7 Å². The van der Waals surface area contributed by atoms with E-state index in [1.165, 1.54) is 6.08 Å². The summed E-state index contributed by atoms with van der Waals surface area (Å²) in [5, 5.41) is 10.0. The lowest BCUT2D eigenvalue weighted by molar-refractivity contribution is -0.164. The minimum Gasteiger partial charge on any atom is -0.457 e. The Bertz CT molecular complexity index is 609. The molecule has 3 rings (SSSR count). The molecule has 6 nitrogen and oxygen atoms in total. The first-order valence-electron chi connectivity index (χ1n) is 9.07. The molecule has 138 valence electrons. The third-order valence-corrected chi connectivity index (χ3v) is 5.32. The average molecular weight is 349 g/mol. The number of hydrogen-bond donors (Lipinski definition) is 1. The van der Waals surface area contributed by atoms with Gasteiger partial charge in [-0.05, 0) is 45.6 Å². The lowest BCUT2D eigenvalue weighted by Gasteiger charge is -2.47. The normalized spacial score (nSPS) is 32.2. The second-order valence-corrected chi connectivity index (χ2v) is 7.37. The summed E-state index contributed by atoms with van der Waals surface area (Å²) in [7, 11) is 0. The number of β-lactam (4-membered cyclic amide) rings is 1. The maximum atomic E-state index is 12.7. The first-order chi connectivity index (χ1) is 11.9. The molecule has 2 fully saturated rings. The van der Waals surface area contributed by atoms with Crippen molar-refractivity contribution in [3.8, 4) is 0 Å². The lowest BCUT2D eigenvalue weighted by atomic mass is 9.71. The van der Waals surface area contributed by atoms with Crippen molar-refractivity contribution in [2.75, 3.05) is 6.61 Å². The molecule has 0 spiro atoms. The summed E-state index contributed by atoms with van der Waals surface area (Å²) in [4.78, 5) is 26.8. The van der Waals surface area contributed by atoms with Gasteiger partial charge in [0.05, 0.1) is 30.3 Å². The van der Waals surface area contributed by atoms with Gasteiger partial charge in [-0.2, -0.15) is 0 Å². The van der Waals surface area contributed by atoms with Gasteiger partial charge in [0.2, 0.25) is 5.91 Å². The van der Waals surface area contributed by atoms with Crippen LogP contribution in [0.4, 0.5) is 0 Å². The number of aliphatic hydroxyl groups is 1. The van der Waals surface area contributed by atoms with E-state index in [0.29, 0.717) is 5.70 Å². The number of hydrogen-bond acceptors (Lipinski definition) is 5. The maximum absolute atomic E-state index is 12.7. The molecular formula is C19H27NO5. The molecule has 0 aromatic rings. The topological polar surface area (TPSA) is 76.1 Å². The van der Waals surface area contributed by atoms with Crippen molar-refractivity contribution in [3.05, 3.63) is 23.9 Å². The molecule has 1 N–H and O–H groups in total. The first kappa shape index (κ1) is 18.1. The van der Waals surface area contributed by atoms with Crippen molar-refractivity contribution in [3.63, 3.8) is 0 Å². The zero-order valence-electron chi connectivity index (χ0n) is 15.1. The molecule has 2 heterocycles. The Kier molecular flexibility index (Phi) is 5.02. The maximum Gasteiger partial charge on any atom is 0.355 e. The predicted octanol–water partition coefficient (Wildman–Crippen LogP) is 1.78. The number of nitrogens with zero attached hydrogens (tertiary/aromatic N) is 1. The molecule has 0 aromatic heterocycles. The molecule has 3 aliphatic rings. The Morgan fingerprint density at radius 1 is 1.40 bits per heavy atom. The smallest absolute Gasteiger partial charge is 0.355 e. The minimum absolute atomic E-state index is 0.0261. The minimum atomic E-state index is -0.732. The van der Waals surface area contributed by atoms with Gasteiger partial charge in [-0.3, -0.25) is 4.79 Å². The molecule has 0 radical (unpaired) electrons. The van der Waals surface area contributed by atoms with Crippen molar-refractivity contribution in [1.82, 2.24) is 4.90 Å². The molecule has 1 amide bonds. The van der Waals surface area contributed by atoms with E-state index >= 15 is 0 Å². The summed E-state index contributed by atoms with van der Waals surface area (Å²) in [5.41, 5.74) is 1.22. The summed E-state index contributed by atoms with van der Waals surface area (Å²) in [6.07, 6.45) is 3.32. The Morgan fingerprint density at radius 3 is 2.72 bits per heavy atom. The molecule has 5 atom stereocenters. The van der Waals surface area contributed by atoms with Crippen LogP contribution in [0.5, 0.6) is 0 Å². The number of fused-ring (bicyclic) bond motifs is 3. The third-order valence-electron chi connectivity index (χ3n) is 5.32. The molecule has 2 aliphatic heterocycles. The summed E-state index contributed by atoms with van der Waals surface area (Å²) in [5.74, 6) is -1.10. The third kappa shape index (κ3) is 2.91. The fourth-order valence-corrected chi connectivity index (χ4v) is 4.50. The van der Waals surface area contributed by atoms with Gasteiger partial charge >= 0.3 is 5.97 Å². The number of carbonyl (C=O) groups excluding carboxylic acids is 2. The molecule has 1 saturated carbocycles. The zero-order chi connectivity index (χ0) is 18.3. The lowest BCUT2D eigenvalue weighted by Crippen LogP contribution is -2.64. The van der Waals surface area contributed by atoms with E-state index in [4.69, 9.17) is 9.47 Å². The van der Waals surface area contributed by atoms with E-state index in [0.717, 1.165) is 24.8 Å². The van der Waals surface area contributed by atoms with Gasteiger partial charge in [-0.1, -0.05) is 12.7 Å². The zero-order valence-corrected chi connectivity index (χ0v) is 15.1. The molecule has 1 unspecified atom stereocenters. The van der Waals surface area contributed by atoms with Gasteiger partial charge in [0.25, 0.3) is 0 Å². The van der Waals surface area contributed by atoms with Gasteiger partial charge in [-0.15, -0.1) is 0 Å². The van der Waals surface area contributed by atoms with Crippen LogP contribution >= 0.6 is 0 Å². The highest BCUT2D eigenvalue weighted by molar-refractivity contribution is 6.01. The van der Waals surface area contributed by atoms with E-state index in [1.807, 2.05) is 13.8 Å². The highest BCUT2D eigenvalue weighted by Crippen LogP contribution is 2.53. The Hall–Kier alpha value is -1.66. The summed E-state index contributed by atoms with van der Waals surface area (Å²) < 4.78 is 11.3. The first-order valence-corrected chi connectivity index (χ1v) is 9.07. The van der Waals surface area contributed by atoms with Crippen molar-refractivity contribution in [1.29, 1.82) is 0 Å². The predicted molar refractivity (Wildman–Crippen MR) is 91.3 cm³/mol. The SMILES string of the molecule is C=CCOC(=O)C1=C2[C@@H](OC(C)C)CCC[C@@H]2[C@@H]2[C@@H](C(C)O)C(=O)N12. The fourth-order valence-electron chi connectivity index (χ4n) is 4.50. The largest absolute Gasteiger partial charge is 0.457 e. The van der Waals surface area contributed by atoms with Crippen molar-refractivity contribution >= 4 is 11.9 Å². The Balaban J connectivity index is 1.99. The van der Waals surface area contributed by atoms with Gasteiger partial charge in [-0.25, -0.2) is 4.79 Å². The highest BCUT2D eigenvalue weighted by Gasteiger charge is 2.62. The van der Waals surface area contributed by atoms with Crippen LogP contribution in [0.1, 0.15) is 40.0 Å². The van der Waals surface area contributed by atoms with Gasteiger partial charge in [0, 0.05) is 5.92 Å². The summed E-state index contributed by atoms with van der Waals surface area (Å²) >= 11 is 0. The summed E-state index contributed by atoms with van der Waals surface area (Å²) in [6, 6.07) is -0.160. The number of amides is 1. The van der Waals surface area contributed by atoms with Gasteiger partial charge in [0.1, 0.15) is 12.3 Å². The van der Waals surface area contributed by atoms with Crippen molar-refractivity contribution < 1.29 is 24.2 Å². The number of rotatable bonds is 6. The van der Waals surface area contributed by atoms with Crippen molar-refractivity contribution in [2.45, 2.75) is 64.4 Å². The molecule has 25 heavy (non-hydrogen) atoms. The number of aliphatic hydroxyl groups excluding tert-OH is 1. The quantitative estimate of drug-likeness (QED) is 0.449.